The summed E-state index contributed by atoms with van der Waals surface area (Å²) in [5.74, 6) is 0.941. The van der Waals surface area contributed by atoms with E-state index in [1.807, 2.05) is 62.4 Å². The summed E-state index contributed by atoms with van der Waals surface area (Å²) in [5.41, 5.74) is 8.65. The Balaban J connectivity index is 1.52. The van der Waals surface area contributed by atoms with Gasteiger partial charge in [0.1, 0.15) is 5.75 Å². The number of para-hydroxylation sites is 2. The summed E-state index contributed by atoms with van der Waals surface area (Å²) in [6.07, 6.45) is 0.114. The Morgan fingerprint density at radius 2 is 1.72 bits per heavy atom. The Labute approximate surface area is 169 Å². The van der Waals surface area contributed by atoms with Gasteiger partial charge in [-0.1, -0.05) is 36.4 Å². The van der Waals surface area contributed by atoms with Crippen LogP contribution in [-0.2, 0) is 16.1 Å². The van der Waals surface area contributed by atoms with Crippen LogP contribution in [0.2, 0.25) is 0 Å². The van der Waals surface area contributed by atoms with Crippen LogP contribution in [0.25, 0.3) is 0 Å². The van der Waals surface area contributed by atoms with Gasteiger partial charge in [0.2, 0.25) is 11.9 Å². The van der Waals surface area contributed by atoms with Crippen LogP contribution in [0.4, 0.5) is 17.6 Å². The first-order chi connectivity index (χ1) is 14.0. The number of nitrogen functional groups attached to an aromatic ring is 1. The second kappa shape index (κ2) is 9.50. The molecule has 0 saturated carbocycles. The average molecular weight is 393 g/mol. The fourth-order valence-corrected chi connectivity index (χ4v) is 2.57. The van der Waals surface area contributed by atoms with E-state index in [1.54, 1.807) is 0 Å². The number of hydrogen-bond donors (Lipinski definition) is 2. The molecule has 0 bridgehead atoms. The van der Waals surface area contributed by atoms with Crippen molar-refractivity contribution in [3.63, 3.8) is 0 Å². The van der Waals surface area contributed by atoms with Gasteiger partial charge in [0.05, 0.1) is 13.0 Å². The monoisotopic (exact) mass is 393 g/mol. The molecule has 0 fully saturated rings. The highest BCUT2D eigenvalue weighted by molar-refractivity contribution is 5.69. The summed E-state index contributed by atoms with van der Waals surface area (Å²) in [7, 11) is 0. The fourth-order valence-electron chi connectivity index (χ4n) is 2.57. The van der Waals surface area contributed by atoms with E-state index < -0.39 is 5.97 Å². The Kier molecular flexibility index (Phi) is 6.57. The van der Waals surface area contributed by atoms with E-state index >= 15 is 0 Å². The second-order valence-electron chi connectivity index (χ2n) is 6.40. The Morgan fingerprint density at radius 3 is 2.48 bits per heavy atom. The molecule has 8 nitrogen and oxygen atoms in total. The van der Waals surface area contributed by atoms with Gasteiger partial charge in [-0.3, -0.25) is 4.79 Å². The van der Waals surface area contributed by atoms with Gasteiger partial charge in [-0.2, -0.15) is 15.0 Å². The van der Waals surface area contributed by atoms with Crippen molar-refractivity contribution in [2.24, 2.45) is 0 Å². The normalized spacial score (nSPS) is 10.4. The summed E-state index contributed by atoms with van der Waals surface area (Å²) in [6.45, 7) is 4.04. The number of esters is 1. The summed E-state index contributed by atoms with van der Waals surface area (Å²) in [5, 5.41) is 3.10. The van der Waals surface area contributed by atoms with Gasteiger partial charge in [-0.25, -0.2) is 0 Å². The average Bonchev–Trinajstić information content (AvgIpc) is 2.69. The van der Waals surface area contributed by atoms with Gasteiger partial charge in [-0.05, 0) is 37.1 Å². The Hall–Kier alpha value is -3.68. The maximum atomic E-state index is 12.0. The molecule has 1 heterocycles. The number of carbonyl (C=O) groups excluding carboxylic acids is 1. The van der Waals surface area contributed by atoms with Gasteiger partial charge in [-0.15, -0.1) is 0 Å². The predicted molar refractivity (Wildman–Crippen MR) is 110 cm³/mol. The molecular weight excluding hydrogens is 370 g/mol. The molecule has 0 atom stereocenters. The van der Waals surface area contributed by atoms with Crippen molar-refractivity contribution in [3.05, 3.63) is 65.5 Å². The highest BCUT2D eigenvalue weighted by Crippen LogP contribution is 2.18. The number of carbonyl (C=O) groups is 1. The lowest BCUT2D eigenvalue weighted by atomic mass is 10.2. The third-order valence-corrected chi connectivity index (χ3v) is 4.11. The summed E-state index contributed by atoms with van der Waals surface area (Å²) in [4.78, 5) is 24.3. The third kappa shape index (κ3) is 5.90. The number of hydrogen-bond acceptors (Lipinski definition) is 8. The van der Waals surface area contributed by atoms with Crippen LogP contribution in [0.5, 0.6) is 5.75 Å². The minimum Gasteiger partial charge on any atom is -0.493 e. The van der Waals surface area contributed by atoms with Gasteiger partial charge in [0.15, 0.2) is 12.4 Å². The van der Waals surface area contributed by atoms with Crippen molar-refractivity contribution in [1.82, 2.24) is 15.0 Å². The van der Waals surface area contributed by atoms with E-state index in [1.165, 1.54) is 0 Å². The smallest absolute Gasteiger partial charge is 0.309 e. The van der Waals surface area contributed by atoms with Crippen LogP contribution in [0.15, 0.2) is 48.5 Å². The van der Waals surface area contributed by atoms with E-state index in [4.69, 9.17) is 15.2 Å². The van der Waals surface area contributed by atoms with Crippen LogP contribution in [-0.4, -0.2) is 27.5 Å². The number of nitrogens with two attached hydrogens (primary N) is 1. The van der Waals surface area contributed by atoms with Gasteiger partial charge in [0, 0.05) is 5.69 Å². The number of ether oxygens (including phenoxy) is 2. The SMILES string of the molecule is Cc1ccccc1Nc1nc(N)nc(COC(=O)CCOc2ccccc2C)n1. The lowest BCUT2D eigenvalue weighted by Gasteiger charge is -2.10. The van der Waals surface area contributed by atoms with Gasteiger partial charge in [0.25, 0.3) is 0 Å². The quantitative estimate of drug-likeness (QED) is 0.561. The minimum absolute atomic E-state index is 0.0463. The number of aromatic nitrogens is 3. The van der Waals surface area contributed by atoms with Gasteiger partial charge >= 0.3 is 5.97 Å². The van der Waals surface area contributed by atoms with Crippen molar-refractivity contribution in [1.29, 1.82) is 0 Å². The highest BCUT2D eigenvalue weighted by Gasteiger charge is 2.10. The molecular formula is C21H23N5O3. The number of nitrogens with one attached hydrogen (secondary N) is 1. The molecule has 0 aliphatic carbocycles. The first-order valence-electron chi connectivity index (χ1n) is 9.18. The summed E-state index contributed by atoms with van der Waals surface area (Å²) in [6, 6.07) is 15.3. The van der Waals surface area contributed by atoms with Crippen molar-refractivity contribution in [2.75, 3.05) is 17.7 Å². The molecule has 0 unspecified atom stereocenters. The van der Waals surface area contributed by atoms with E-state index in [0.717, 1.165) is 22.6 Å². The molecule has 29 heavy (non-hydrogen) atoms. The zero-order chi connectivity index (χ0) is 20.6. The predicted octanol–water partition coefficient (Wildman–Crippen LogP) is 3.33. The molecule has 0 saturated heterocycles. The highest BCUT2D eigenvalue weighted by atomic mass is 16.5. The lowest BCUT2D eigenvalue weighted by molar-refractivity contribution is -0.145. The first-order valence-corrected chi connectivity index (χ1v) is 9.18. The molecule has 3 aromatic rings. The number of anilines is 3. The molecule has 0 radical (unpaired) electrons. The van der Waals surface area contributed by atoms with Crippen LogP contribution in [0.1, 0.15) is 23.4 Å². The molecule has 2 aromatic carbocycles. The topological polar surface area (TPSA) is 112 Å². The van der Waals surface area contributed by atoms with Crippen molar-refractivity contribution in [3.8, 4) is 5.75 Å². The van der Waals surface area contributed by atoms with E-state index in [-0.39, 0.29) is 31.4 Å². The van der Waals surface area contributed by atoms with Crippen molar-refractivity contribution in [2.45, 2.75) is 26.9 Å². The van der Waals surface area contributed by atoms with Crippen LogP contribution >= 0.6 is 0 Å². The number of nitrogens with zero attached hydrogens (tertiary/aromatic N) is 3. The molecule has 0 spiro atoms. The lowest BCUT2D eigenvalue weighted by Crippen LogP contribution is -2.13. The zero-order valence-electron chi connectivity index (χ0n) is 16.4. The van der Waals surface area contributed by atoms with Crippen LogP contribution in [0, 0.1) is 13.8 Å². The third-order valence-electron chi connectivity index (χ3n) is 4.11. The standard InChI is InChI=1S/C21H23N5O3/c1-14-7-3-5-9-16(14)23-21-25-18(24-20(22)26-21)13-29-19(27)11-12-28-17-10-6-4-8-15(17)2/h3-10H,11-13H2,1-2H3,(H3,22,23,24,25,26). The molecule has 0 aliphatic rings. The van der Waals surface area contributed by atoms with Gasteiger partial charge < -0.3 is 20.5 Å². The number of benzene rings is 2. The van der Waals surface area contributed by atoms with E-state index in [2.05, 4.69) is 20.3 Å². The molecule has 150 valence electrons. The molecule has 3 N–H and O–H groups in total. The van der Waals surface area contributed by atoms with E-state index in [9.17, 15) is 4.79 Å². The van der Waals surface area contributed by atoms with Crippen LogP contribution in [0.3, 0.4) is 0 Å². The number of rotatable bonds is 8. The molecule has 0 aliphatic heterocycles. The Morgan fingerprint density at radius 1 is 1.00 bits per heavy atom. The zero-order valence-corrected chi connectivity index (χ0v) is 16.4. The molecule has 1 aromatic heterocycles. The minimum atomic E-state index is -0.411. The van der Waals surface area contributed by atoms with Crippen molar-refractivity contribution < 1.29 is 14.3 Å². The fraction of sp³-hybridized carbons (Fsp3) is 0.238. The largest absolute Gasteiger partial charge is 0.493 e. The second-order valence-corrected chi connectivity index (χ2v) is 6.40. The Bertz CT molecular complexity index is 994. The van der Waals surface area contributed by atoms with Crippen molar-refractivity contribution >= 4 is 23.6 Å². The summed E-state index contributed by atoms with van der Waals surface area (Å²) < 4.78 is 10.8. The maximum absolute atomic E-state index is 12.0. The van der Waals surface area contributed by atoms with Crippen LogP contribution < -0.4 is 15.8 Å². The molecule has 0 amide bonds. The number of aryl methyl sites for hydroxylation is 2. The van der Waals surface area contributed by atoms with E-state index in [0.29, 0.717) is 5.95 Å². The molecule has 8 heteroatoms. The first kappa shape index (κ1) is 20.1. The molecule has 3 rings (SSSR count). The maximum Gasteiger partial charge on any atom is 0.309 e. The summed E-state index contributed by atoms with van der Waals surface area (Å²) >= 11 is 0.